The minimum Gasteiger partial charge on any atom is -0.461 e. The second-order valence-electron chi connectivity index (χ2n) is 14.3. The van der Waals surface area contributed by atoms with Crippen molar-refractivity contribution in [1.82, 2.24) is 0 Å². The zero-order valence-electron chi connectivity index (χ0n) is 22.8. The SMILES string of the molecule is CC(N)C(=O)O[C@H]1CC[C@@]2(C)C(CCC3C2CC[C@@]2(C)C3CC3O[C@]4(CC[C@@H](C)CO4)C(C)C32)C1. The highest BCUT2D eigenvalue weighted by molar-refractivity contribution is 5.75. The molecule has 0 aromatic carbocycles. The molecule has 2 N–H and O–H groups in total. The van der Waals surface area contributed by atoms with Crippen molar-refractivity contribution in [2.45, 2.75) is 123 Å². The van der Waals surface area contributed by atoms with Gasteiger partial charge in [0.2, 0.25) is 0 Å². The highest BCUT2D eigenvalue weighted by Gasteiger charge is 2.69. The van der Waals surface area contributed by atoms with E-state index < -0.39 is 6.04 Å². The molecule has 35 heavy (non-hydrogen) atoms. The summed E-state index contributed by atoms with van der Waals surface area (Å²) in [6, 6.07) is -0.525. The number of carbonyl (C=O) groups is 1. The summed E-state index contributed by atoms with van der Waals surface area (Å²) in [5, 5.41) is 0. The van der Waals surface area contributed by atoms with Crippen LogP contribution in [0, 0.1) is 52.3 Å². The van der Waals surface area contributed by atoms with Crippen LogP contribution in [0.3, 0.4) is 0 Å². The van der Waals surface area contributed by atoms with E-state index in [0.29, 0.717) is 40.6 Å². The molecule has 4 saturated carbocycles. The van der Waals surface area contributed by atoms with Gasteiger partial charge in [0.05, 0.1) is 12.7 Å². The summed E-state index contributed by atoms with van der Waals surface area (Å²) in [5.41, 5.74) is 6.54. The van der Waals surface area contributed by atoms with E-state index in [9.17, 15) is 4.79 Å². The lowest BCUT2D eigenvalue weighted by Crippen LogP contribution is -2.55. The molecule has 1 spiro atoms. The number of rotatable bonds is 2. The summed E-state index contributed by atoms with van der Waals surface area (Å²) in [6.45, 7) is 12.5. The fourth-order valence-electron chi connectivity index (χ4n) is 10.6. The zero-order valence-corrected chi connectivity index (χ0v) is 22.8. The number of fused-ring (bicyclic) bond motifs is 7. The Morgan fingerprint density at radius 2 is 1.74 bits per heavy atom. The number of nitrogens with two attached hydrogens (primary N) is 1. The summed E-state index contributed by atoms with van der Waals surface area (Å²) in [7, 11) is 0. The van der Waals surface area contributed by atoms with E-state index in [1.165, 1.54) is 44.9 Å². The molecule has 5 nitrogen and oxygen atoms in total. The van der Waals surface area contributed by atoms with Gasteiger partial charge in [-0.05, 0) is 111 Å². The summed E-state index contributed by atoms with van der Waals surface area (Å²) < 4.78 is 19.2. The van der Waals surface area contributed by atoms with Crippen LogP contribution in [0.5, 0.6) is 0 Å². The minimum absolute atomic E-state index is 0.0615. The topological polar surface area (TPSA) is 70.8 Å². The first-order valence-electron chi connectivity index (χ1n) is 14.9. The summed E-state index contributed by atoms with van der Waals surface area (Å²) in [4.78, 5) is 12.1. The van der Waals surface area contributed by atoms with Gasteiger partial charge in [-0.15, -0.1) is 0 Å². The smallest absolute Gasteiger partial charge is 0.322 e. The average molecular weight is 488 g/mol. The van der Waals surface area contributed by atoms with Crippen molar-refractivity contribution in [2.75, 3.05) is 6.61 Å². The molecular formula is C30H49NO4. The van der Waals surface area contributed by atoms with Crippen LogP contribution in [0.15, 0.2) is 0 Å². The largest absolute Gasteiger partial charge is 0.461 e. The number of hydrogen-bond donors (Lipinski definition) is 1. The Balaban J connectivity index is 1.18. The Morgan fingerprint density at radius 3 is 2.46 bits per heavy atom. The molecule has 2 aliphatic heterocycles. The molecule has 0 aromatic rings. The molecule has 4 aliphatic carbocycles. The van der Waals surface area contributed by atoms with Crippen molar-refractivity contribution in [3.63, 3.8) is 0 Å². The van der Waals surface area contributed by atoms with Crippen molar-refractivity contribution in [2.24, 2.45) is 58.0 Å². The molecule has 2 heterocycles. The Bertz CT molecular complexity index is 836. The fraction of sp³-hybridized carbons (Fsp3) is 0.967. The van der Waals surface area contributed by atoms with Gasteiger partial charge >= 0.3 is 5.97 Å². The first-order chi connectivity index (χ1) is 16.6. The molecule has 6 fully saturated rings. The van der Waals surface area contributed by atoms with Crippen LogP contribution >= 0.6 is 0 Å². The van der Waals surface area contributed by atoms with E-state index >= 15 is 0 Å². The Hall–Kier alpha value is -0.650. The van der Waals surface area contributed by atoms with Crippen molar-refractivity contribution < 1.29 is 19.0 Å². The number of hydrogen-bond acceptors (Lipinski definition) is 5. The van der Waals surface area contributed by atoms with E-state index in [-0.39, 0.29) is 17.9 Å². The third kappa shape index (κ3) is 3.61. The van der Waals surface area contributed by atoms with Gasteiger partial charge in [-0.25, -0.2) is 0 Å². The van der Waals surface area contributed by atoms with Crippen LogP contribution in [0.4, 0.5) is 0 Å². The van der Waals surface area contributed by atoms with E-state index in [0.717, 1.165) is 43.6 Å². The van der Waals surface area contributed by atoms with Gasteiger partial charge in [0.1, 0.15) is 12.1 Å². The molecule has 6 aliphatic rings. The third-order valence-corrected chi connectivity index (χ3v) is 12.5. The number of ether oxygens (including phenoxy) is 3. The molecule has 0 bridgehead atoms. The van der Waals surface area contributed by atoms with Crippen molar-refractivity contribution in [1.29, 1.82) is 0 Å². The van der Waals surface area contributed by atoms with Gasteiger partial charge in [0.25, 0.3) is 0 Å². The first-order valence-corrected chi connectivity index (χ1v) is 14.9. The summed E-state index contributed by atoms with van der Waals surface area (Å²) in [6.07, 6.45) is 12.5. The molecule has 0 amide bonds. The van der Waals surface area contributed by atoms with Gasteiger partial charge in [0.15, 0.2) is 5.79 Å². The standard InChI is InChI=1S/C30H49NO4/c1-17-8-13-30(33-16-17)18(2)26-25(35-30)15-24-22-7-6-20-14-21(34-27(32)19(3)31)9-11-28(20,4)23(22)10-12-29(24,26)5/h17-26H,6-16,31H2,1-5H3/t17-,18?,19?,20?,21+,22?,23?,24?,25?,26?,28+,29+,30-/m1/s1. The molecule has 13 atom stereocenters. The van der Waals surface area contributed by atoms with Crippen LogP contribution in [-0.2, 0) is 19.0 Å². The van der Waals surface area contributed by atoms with E-state index in [2.05, 4.69) is 27.7 Å². The Morgan fingerprint density at radius 1 is 0.971 bits per heavy atom. The van der Waals surface area contributed by atoms with Crippen LogP contribution in [0.2, 0.25) is 0 Å². The van der Waals surface area contributed by atoms with Crippen LogP contribution in [-0.4, -0.2) is 36.6 Å². The normalized spacial score (nSPS) is 56.0. The maximum absolute atomic E-state index is 12.1. The highest BCUT2D eigenvalue weighted by atomic mass is 16.7. The fourth-order valence-corrected chi connectivity index (χ4v) is 10.6. The molecule has 6 rings (SSSR count). The molecular weight excluding hydrogens is 438 g/mol. The summed E-state index contributed by atoms with van der Waals surface area (Å²) >= 11 is 0. The molecule has 5 heteroatoms. The van der Waals surface area contributed by atoms with Crippen LogP contribution < -0.4 is 5.73 Å². The highest BCUT2D eigenvalue weighted by Crippen LogP contribution is 2.71. The lowest BCUT2D eigenvalue weighted by molar-refractivity contribution is -0.273. The van der Waals surface area contributed by atoms with E-state index in [1.54, 1.807) is 6.92 Å². The summed E-state index contributed by atoms with van der Waals surface area (Å²) in [5.74, 6) is 4.32. The molecule has 198 valence electrons. The van der Waals surface area contributed by atoms with E-state index in [4.69, 9.17) is 19.9 Å². The quantitative estimate of drug-likeness (QED) is 0.507. The number of esters is 1. The van der Waals surface area contributed by atoms with Gasteiger partial charge in [-0.2, -0.15) is 0 Å². The molecule has 0 aromatic heterocycles. The minimum atomic E-state index is -0.525. The van der Waals surface area contributed by atoms with Crippen molar-refractivity contribution in [3.8, 4) is 0 Å². The molecule has 0 radical (unpaired) electrons. The molecule has 2 saturated heterocycles. The van der Waals surface area contributed by atoms with Gasteiger partial charge < -0.3 is 19.9 Å². The van der Waals surface area contributed by atoms with Crippen molar-refractivity contribution >= 4 is 5.97 Å². The van der Waals surface area contributed by atoms with Crippen molar-refractivity contribution in [3.05, 3.63) is 0 Å². The second-order valence-corrected chi connectivity index (χ2v) is 14.3. The predicted molar refractivity (Wildman–Crippen MR) is 135 cm³/mol. The maximum atomic E-state index is 12.1. The van der Waals surface area contributed by atoms with Gasteiger partial charge in [-0.3, -0.25) is 4.79 Å². The number of carbonyl (C=O) groups excluding carboxylic acids is 1. The van der Waals surface area contributed by atoms with Crippen LogP contribution in [0.1, 0.15) is 98.8 Å². The maximum Gasteiger partial charge on any atom is 0.322 e. The Labute approximate surface area is 212 Å². The predicted octanol–water partition coefficient (Wildman–Crippen LogP) is 5.69. The second kappa shape index (κ2) is 8.43. The van der Waals surface area contributed by atoms with Gasteiger partial charge in [-0.1, -0.05) is 27.7 Å². The Kier molecular flexibility index (Phi) is 5.94. The molecule has 8 unspecified atom stereocenters. The first kappa shape index (κ1) is 24.7. The average Bonchev–Trinajstić information content (AvgIpc) is 3.26. The monoisotopic (exact) mass is 487 g/mol. The van der Waals surface area contributed by atoms with Crippen LogP contribution in [0.25, 0.3) is 0 Å². The van der Waals surface area contributed by atoms with Gasteiger partial charge in [0, 0.05) is 12.3 Å². The third-order valence-electron chi connectivity index (χ3n) is 12.5. The lowest BCUT2D eigenvalue weighted by atomic mass is 9.44. The lowest BCUT2D eigenvalue weighted by Gasteiger charge is -2.61. The zero-order chi connectivity index (χ0) is 24.8. The van der Waals surface area contributed by atoms with E-state index in [1.807, 2.05) is 0 Å².